The molecule has 0 saturated heterocycles. The smallest absolute Gasteiger partial charge is 0.234 e. The first-order valence-electron chi connectivity index (χ1n) is 4.20. The Morgan fingerprint density at radius 1 is 1.23 bits per heavy atom. The molecule has 0 aliphatic rings. The second-order valence-electron chi connectivity index (χ2n) is 2.67. The van der Waals surface area contributed by atoms with Gasteiger partial charge in [-0.05, 0) is 12.5 Å². The van der Waals surface area contributed by atoms with Crippen molar-refractivity contribution < 1.29 is 0 Å². The van der Waals surface area contributed by atoms with Crippen LogP contribution in [0.25, 0.3) is 5.95 Å². The van der Waals surface area contributed by atoms with Crippen LogP contribution in [0.3, 0.4) is 0 Å². The quantitative estimate of drug-likeness (QED) is 0.687. The standard InChI is InChI=1S/C9H10N4/c1-2-8-6-13(7-12-8)9-10-4-3-5-11-9/h3-7H,2H2,1H3. The highest BCUT2D eigenvalue weighted by molar-refractivity contribution is 5.12. The van der Waals surface area contributed by atoms with Crippen molar-refractivity contribution in [1.82, 2.24) is 19.5 Å². The number of rotatable bonds is 2. The summed E-state index contributed by atoms with van der Waals surface area (Å²) in [4.78, 5) is 12.4. The number of aryl methyl sites for hydroxylation is 1. The molecule has 0 aliphatic heterocycles. The van der Waals surface area contributed by atoms with Crippen molar-refractivity contribution in [2.45, 2.75) is 13.3 Å². The number of imidazole rings is 1. The molecule has 66 valence electrons. The third kappa shape index (κ3) is 1.56. The molecule has 0 unspecified atom stereocenters. The topological polar surface area (TPSA) is 43.6 Å². The maximum atomic E-state index is 4.19. The third-order valence-corrected chi connectivity index (χ3v) is 1.78. The minimum atomic E-state index is 0.662. The Hall–Kier alpha value is -1.71. The van der Waals surface area contributed by atoms with Crippen LogP contribution in [0, 0.1) is 0 Å². The highest BCUT2D eigenvalue weighted by atomic mass is 15.2. The lowest BCUT2D eigenvalue weighted by Gasteiger charge is -1.96. The number of aromatic nitrogens is 4. The molecule has 0 fully saturated rings. The third-order valence-electron chi connectivity index (χ3n) is 1.78. The highest BCUT2D eigenvalue weighted by Gasteiger charge is 1.99. The van der Waals surface area contributed by atoms with E-state index in [-0.39, 0.29) is 0 Å². The number of hydrogen-bond acceptors (Lipinski definition) is 3. The van der Waals surface area contributed by atoms with Crippen LogP contribution in [0.5, 0.6) is 0 Å². The molecule has 2 aromatic heterocycles. The Kier molecular flexibility index (Phi) is 2.04. The summed E-state index contributed by atoms with van der Waals surface area (Å²) in [6, 6.07) is 1.79. The van der Waals surface area contributed by atoms with Crippen LogP contribution in [-0.2, 0) is 6.42 Å². The normalized spacial score (nSPS) is 10.2. The summed E-state index contributed by atoms with van der Waals surface area (Å²) in [5.74, 6) is 0.662. The predicted octanol–water partition coefficient (Wildman–Crippen LogP) is 1.22. The minimum absolute atomic E-state index is 0.662. The molecule has 0 spiro atoms. The summed E-state index contributed by atoms with van der Waals surface area (Å²) >= 11 is 0. The number of nitrogens with zero attached hydrogens (tertiary/aromatic N) is 4. The molecule has 0 atom stereocenters. The molecule has 4 heteroatoms. The van der Waals surface area contributed by atoms with E-state index in [2.05, 4.69) is 21.9 Å². The summed E-state index contributed by atoms with van der Waals surface area (Å²) in [5, 5.41) is 0. The first kappa shape index (κ1) is 7.91. The first-order chi connectivity index (χ1) is 6.40. The van der Waals surface area contributed by atoms with Gasteiger partial charge in [0.2, 0.25) is 5.95 Å². The molecule has 2 rings (SSSR count). The second kappa shape index (κ2) is 3.35. The highest BCUT2D eigenvalue weighted by Crippen LogP contribution is 2.01. The van der Waals surface area contributed by atoms with Crippen molar-refractivity contribution >= 4 is 0 Å². The molecular formula is C9H10N4. The van der Waals surface area contributed by atoms with Gasteiger partial charge >= 0.3 is 0 Å². The lowest BCUT2D eigenvalue weighted by Crippen LogP contribution is -1.96. The van der Waals surface area contributed by atoms with E-state index in [1.165, 1.54) is 0 Å². The molecule has 4 nitrogen and oxygen atoms in total. The number of hydrogen-bond donors (Lipinski definition) is 0. The van der Waals surface area contributed by atoms with Gasteiger partial charge in [-0.15, -0.1) is 0 Å². The van der Waals surface area contributed by atoms with Gasteiger partial charge in [0, 0.05) is 18.6 Å². The van der Waals surface area contributed by atoms with E-state index in [4.69, 9.17) is 0 Å². The zero-order valence-corrected chi connectivity index (χ0v) is 7.38. The molecule has 0 saturated carbocycles. The fourth-order valence-corrected chi connectivity index (χ4v) is 1.08. The average Bonchev–Trinajstić information content (AvgIpc) is 2.67. The van der Waals surface area contributed by atoms with E-state index in [0.29, 0.717) is 5.95 Å². The zero-order valence-electron chi connectivity index (χ0n) is 7.38. The van der Waals surface area contributed by atoms with Gasteiger partial charge in [-0.1, -0.05) is 6.92 Å². The first-order valence-corrected chi connectivity index (χ1v) is 4.20. The Labute approximate surface area is 76.3 Å². The summed E-state index contributed by atoms with van der Waals surface area (Å²) in [6.45, 7) is 2.07. The fraction of sp³-hybridized carbons (Fsp3) is 0.222. The van der Waals surface area contributed by atoms with Gasteiger partial charge in [0.1, 0.15) is 6.33 Å². The van der Waals surface area contributed by atoms with Crippen molar-refractivity contribution in [3.63, 3.8) is 0 Å². The van der Waals surface area contributed by atoms with Crippen molar-refractivity contribution in [1.29, 1.82) is 0 Å². The molecule has 2 aromatic rings. The van der Waals surface area contributed by atoms with Gasteiger partial charge in [-0.2, -0.15) is 0 Å². The van der Waals surface area contributed by atoms with Gasteiger partial charge in [0.05, 0.1) is 5.69 Å². The van der Waals surface area contributed by atoms with Crippen LogP contribution in [-0.4, -0.2) is 19.5 Å². The molecule has 13 heavy (non-hydrogen) atoms. The van der Waals surface area contributed by atoms with E-state index in [1.807, 2.05) is 10.8 Å². The molecule has 2 heterocycles. The Morgan fingerprint density at radius 3 is 2.62 bits per heavy atom. The summed E-state index contributed by atoms with van der Waals surface area (Å²) in [6.07, 6.45) is 8.03. The molecule has 0 bridgehead atoms. The van der Waals surface area contributed by atoms with Gasteiger partial charge in [-0.3, -0.25) is 4.57 Å². The van der Waals surface area contributed by atoms with Gasteiger partial charge < -0.3 is 0 Å². The maximum absolute atomic E-state index is 4.19. The molecule has 0 aromatic carbocycles. The fourth-order valence-electron chi connectivity index (χ4n) is 1.08. The van der Waals surface area contributed by atoms with Gasteiger partial charge in [0.15, 0.2) is 0 Å². The molecule has 0 radical (unpaired) electrons. The Bertz CT molecular complexity index is 380. The minimum Gasteiger partial charge on any atom is -0.274 e. The molecule has 0 amide bonds. The van der Waals surface area contributed by atoms with Crippen LogP contribution in [0.2, 0.25) is 0 Å². The zero-order chi connectivity index (χ0) is 9.10. The van der Waals surface area contributed by atoms with Gasteiger partial charge in [0.25, 0.3) is 0 Å². The molecular weight excluding hydrogens is 164 g/mol. The van der Waals surface area contributed by atoms with Crippen molar-refractivity contribution in [3.8, 4) is 5.95 Å². The summed E-state index contributed by atoms with van der Waals surface area (Å²) < 4.78 is 1.82. The van der Waals surface area contributed by atoms with Crippen LogP contribution in [0.4, 0.5) is 0 Å². The van der Waals surface area contributed by atoms with E-state index < -0.39 is 0 Å². The average molecular weight is 174 g/mol. The second-order valence-corrected chi connectivity index (χ2v) is 2.67. The van der Waals surface area contributed by atoms with E-state index >= 15 is 0 Å². The van der Waals surface area contributed by atoms with Crippen LogP contribution >= 0.6 is 0 Å². The Balaban J connectivity index is 2.36. The lowest BCUT2D eigenvalue weighted by molar-refractivity contribution is 0.924. The monoisotopic (exact) mass is 174 g/mol. The van der Waals surface area contributed by atoms with Crippen LogP contribution in [0.15, 0.2) is 31.0 Å². The van der Waals surface area contributed by atoms with Crippen molar-refractivity contribution in [2.24, 2.45) is 0 Å². The van der Waals surface area contributed by atoms with E-state index in [1.54, 1.807) is 24.8 Å². The Morgan fingerprint density at radius 2 is 2.00 bits per heavy atom. The SMILES string of the molecule is CCc1cn(-c2ncccn2)cn1. The van der Waals surface area contributed by atoms with E-state index in [0.717, 1.165) is 12.1 Å². The maximum Gasteiger partial charge on any atom is 0.234 e. The van der Waals surface area contributed by atoms with Crippen LogP contribution in [0.1, 0.15) is 12.6 Å². The lowest BCUT2D eigenvalue weighted by atomic mass is 10.4. The van der Waals surface area contributed by atoms with E-state index in [9.17, 15) is 0 Å². The van der Waals surface area contributed by atoms with Gasteiger partial charge in [-0.25, -0.2) is 15.0 Å². The van der Waals surface area contributed by atoms with Crippen molar-refractivity contribution in [2.75, 3.05) is 0 Å². The summed E-state index contributed by atoms with van der Waals surface area (Å²) in [5.41, 5.74) is 1.05. The van der Waals surface area contributed by atoms with Crippen molar-refractivity contribution in [3.05, 3.63) is 36.7 Å². The summed E-state index contributed by atoms with van der Waals surface area (Å²) in [7, 11) is 0. The van der Waals surface area contributed by atoms with Crippen LogP contribution < -0.4 is 0 Å². The predicted molar refractivity (Wildman–Crippen MR) is 48.5 cm³/mol. The molecule has 0 aliphatic carbocycles. The molecule has 0 N–H and O–H groups in total. The largest absolute Gasteiger partial charge is 0.274 e.